The summed E-state index contributed by atoms with van der Waals surface area (Å²) >= 11 is 9.27. The van der Waals surface area contributed by atoms with Gasteiger partial charge >= 0.3 is 0 Å². The minimum atomic E-state index is -3.55. The van der Waals surface area contributed by atoms with Crippen LogP contribution in [0.15, 0.2) is 27.6 Å². The lowest BCUT2D eigenvalue weighted by Crippen LogP contribution is -2.35. The molecule has 1 unspecified atom stereocenters. The fraction of sp³-hybridized carbons (Fsp3) is 0.500. The Morgan fingerprint density at radius 3 is 2.84 bits per heavy atom. The summed E-state index contributed by atoms with van der Waals surface area (Å²) in [6.07, 6.45) is 2.62. The van der Waals surface area contributed by atoms with Crippen molar-refractivity contribution in [1.82, 2.24) is 10.0 Å². The van der Waals surface area contributed by atoms with Gasteiger partial charge in [-0.05, 0) is 50.6 Å². The van der Waals surface area contributed by atoms with Crippen LogP contribution in [0.5, 0.6) is 0 Å². The highest BCUT2D eigenvalue weighted by Gasteiger charge is 2.23. The van der Waals surface area contributed by atoms with Crippen LogP contribution < -0.4 is 10.0 Å². The lowest BCUT2D eigenvalue weighted by Gasteiger charge is -2.16. The van der Waals surface area contributed by atoms with E-state index in [2.05, 4.69) is 26.0 Å². The van der Waals surface area contributed by atoms with Gasteiger partial charge in [0.25, 0.3) is 0 Å². The van der Waals surface area contributed by atoms with Gasteiger partial charge in [0.2, 0.25) is 10.0 Å². The van der Waals surface area contributed by atoms with Crippen molar-refractivity contribution in [1.29, 1.82) is 0 Å². The van der Waals surface area contributed by atoms with Gasteiger partial charge in [-0.25, -0.2) is 13.1 Å². The molecule has 0 saturated carbocycles. The van der Waals surface area contributed by atoms with E-state index < -0.39 is 10.0 Å². The monoisotopic (exact) mass is 366 g/mol. The van der Waals surface area contributed by atoms with Crippen LogP contribution >= 0.6 is 27.5 Å². The molecule has 0 bridgehead atoms. The van der Waals surface area contributed by atoms with Crippen molar-refractivity contribution >= 4 is 37.6 Å². The third kappa shape index (κ3) is 4.16. The van der Waals surface area contributed by atoms with E-state index in [4.69, 9.17) is 11.6 Å². The van der Waals surface area contributed by atoms with Crippen LogP contribution in [0, 0.1) is 0 Å². The second-order valence-corrected chi connectivity index (χ2v) is 7.58. The van der Waals surface area contributed by atoms with Gasteiger partial charge < -0.3 is 5.32 Å². The van der Waals surface area contributed by atoms with Crippen LogP contribution in [0.2, 0.25) is 5.02 Å². The van der Waals surface area contributed by atoms with Gasteiger partial charge in [0, 0.05) is 10.5 Å². The maximum Gasteiger partial charge on any atom is 0.242 e. The summed E-state index contributed by atoms with van der Waals surface area (Å²) in [6.45, 7) is 1.78. The Morgan fingerprint density at radius 2 is 2.11 bits per heavy atom. The van der Waals surface area contributed by atoms with Crippen LogP contribution in [0.25, 0.3) is 0 Å². The molecule has 0 aliphatic carbocycles. The fourth-order valence-electron chi connectivity index (χ4n) is 2.11. The van der Waals surface area contributed by atoms with E-state index in [0.29, 0.717) is 0 Å². The van der Waals surface area contributed by atoms with Gasteiger partial charge in [0.15, 0.2) is 0 Å². The van der Waals surface area contributed by atoms with Crippen LogP contribution in [0.1, 0.15) is 19.3 Å². The summed E-state index contributed by atoms with van der Waals surface area (Å²) < 4.78 is 28.1. The molecule has 1 aromatic rings. The molecule has 19 heavy (non-hydrogen) atoms. The number of hydrogen-bond acceptors (Lipinski definition) is 3. The summed E-state index contributed by atoms with van der Waals surface area (Å²) in [5.74, 6) is 0. The molecule has 1 fully saturated rings. The van der Waals surface area contributed by atoms with Crippen molar-refractivity contribution in [2.24, 2.45) is 0 Å². The number of hydrogen-bond donors (Lipinski definition) is 2. The van der Waals surface area contributed by atoms with E-state index in [-0.39, 0.29) is 16.0 Å². The molecule has 7 heteroatoms. The van der Waals surface area contributed by atoms with Gasteiger partial charge in [-0.15, -0.1) is 0 Å². The van der Waals surface area contributed by atoms with E-state index in [0.717, 1.165) is 36.8 Å². The SMILES string of the molecule is O=S(=O)(NC1CCCNCC1)c1ccc(Br)cc1Cl. The van der Waals surface area contributed by atoms with E-state index in [1.54, 1.807) is 12.1 Å². The van der Waals surface area contributed by atoms with Gasteiger partial charge in [-0.2, -0.15) is 0 Å². The minimum absolute atomic E-state index is 0.0280. The largest absolute Gasteiger partial charge is 0.317 e. The number of benzene rings is 1. The van der Waals surface area contributed by atoms with E-state index in [1.807, 2.05) is 0 Å². The molecule has 4 nitrogen and oxygen atoms in total. The average molecular weight is 368 g/mol. The number of sulfonamides is 1. The van der Waals surface area contributed by atoms with Crippen LogP contribution in [0.4, 0.5) is 0 Å². The molecule has 0 amide bonds. The Hall–Kier alpha value is -0.140. The number of nitrogens with one attached hydrogen (secondary N) is 2. The van der Waals surface area contributed by atoms with Crippen molar-refractivity contribution in [2.45, 2.75) is 30.2 Å². The van der Waals surface area contributed by atoms with Crippen molar-refractivity contribution in [3.8, 4) is 0 Å². The molecule has 1 aromatic carbocycles. The van der Waals surface area contributed by atoms with Crippen molar-refractivity contribution in [3.05, 3.63) is 27.7 Å². The van der Waals surface area contributed by atoms with E-state index >= 15 is 0 Å². The second-order valence-electron chi connectivity index (χ2n) is 4.57. The van der Waals surface area contributed by atoms with E-state index in [9.17, 15) is 8.42 Å². The molecular formula is C12H16BrClN2O2S. The number of rotatable bonds is 3. The van der Waals surface area contributed by atoms with Crippen molar-refractivity contribution in [2.75, 3.05) is 13.1 Å². The summed E-state index contributed by atoms with van der Waals surface area (Å²) in [4.78, 5) is 0.134. The van der Waals surface area contributed by atoms with Crippen LogP contribution in [0.3, 0.4) is 0 Å². The molecule has 2 N–H and O–H groups in total. The minimum Gasteiger partial charge on any atom is -0.317 e. The standard InChI is InChI=1S/C12H16BrClN2O2S/c13-9-3-4-12(11(14)8-9)19(17,18)16-10-2-1-6-15-7-5-10/h3-4,8,10,15-16H,1-2,5-7H2. The first-order chi connectivity index (χ1) is 8.99. The first kappa shape index (κ1) is 15.3. The highest BCUT2D eigenvalue weighted by molar-refractivity contribution is 9.10. The maximum atomic E-state index is 12.3. The highest BCUT2D eigenvalue weighted by Crippen LogP contribution is 2.25. The summed E-state index contributed by atoms with van der Waals surface area (Å²) in [5, 5.41) is 3.48. The fourth-order valence-corrected chi connectivity index (χ4v) is 4.46. The van der Waals surface area contributed by atoms with Crippen LogP contribution in [-0.4, -0.2) is 27.5 Å². The van der Waals surface area contributed by atoms with E-state index in [1.165, 1.54) is 6.07 Å². The topological polar surface area (TPSA) is 58.2 Å². The zero-order chi connectivity index (χ0) is 13.9. The Kier molecular flexibility index (Phi) is 5.25. The smallest absolute Gasteiger partial charge is 0.242 e. The normalized spacial score (nSPS) is 21.1. The molecule has 1 heterocycles. The first-order valence-corrected chi connectivity index (χ1v) is 8.82. The molecule has 0 radical (unpaired) electrons. The molecule has 0 spiro atoms. The van der Waals surface area contributed by atoms with Gasteiger partial charge in [-0.3, -0.25) is 0 Å². The van der Waals surface area contributed by atoms with Gasteiger partial charge in [0.1, 0.15) is 4.90 Å². The molecular weight excluding hydrogens is 352 g/mol. The quantitative estimate of drug-likeness (QED) is 0.863. The summed E-state index contributed by atoms with van der Waals surface area (Å²) in [5.41, 5.74) is 0. The zero-order valence-corrected chi connectivity index (χ0v) is 13.5. The lowest BCUT2D eigenvalue weighted by molar-refractivity contribution is 0.518. The van der Waals surface area contributed by atoms with Crippen molar-refractivity contribution < 1.29 is 8.42 Å². The molecule has 1 saturated heterocycles. The Balaban J connectivity index is 2.17. The second kappa shape index (κ2) is 6.54. The molecule has 1 aliphatic rings. The van der Waals surface area contributed by atoms with Gasteiger partial charge in [-0.1, -0.05) is 27.5 Å². The third-order valence-electron chi connectivity index (χ3n) is 3.08. The van der Waals surface area contributed by atoms with Gasteiger partial charge in [0.05, 0.1) is 5.02 Å². The molecule has 1 atom stereocenters. The maximum absolute atomic E-state index is 12.3. The number of halogens is 2. The van der Waals surface area contributed by atoms with Crippen LogP contribution in [-0.2, 0) is 10.0 Å². The molecule has 0 aromatic heterocycles. The first-order valence-electron chi connectivity index (χ1n) is 6.17. The Morgan fingerprint density at radius 1 is 1.32 bits per heavy atom. The summed E-state index contributed by atoms with van der Waals surface area (Å²) in [6, 6.07) is 4.75. The molecule has 1 aliphatic heterocycles. The zero-order valence-electron chi connectivity index (χ0n) is 10.3. The highest BCUT2D eigenvalue weighted by atomic mass is 79.9. The summed E-state index contributed by atoms with van der Waals surface area (Å²) in [7, 11) is -3.55. The third-order valence-corrected chi connectivity index (χ3v) is 5.58. The predicted molar refractivity (Wildman–Crippen MR) is 80.0 cm³/mol. The molecule has 106 valence electrons. The average Bonchev–Trinajstić information content (AvgIpc) is 2.56. The Labute approximate surface area is 127 Å². The molecule has 2 rings (SSSR count). The van der Waals surface area contributed by atoms with Crippen molar-refractivity contribution in [3.63, 3.8) is 0 Å². The Bertz CT molecular complexity index is 543. The predicted octanol–water partition coefficient (Wildman–Crippen LogP) is 2.52. The lowest BCUT2D eigenvalue weighted by atomic mass is 10.1.